The molecule has 102 valence electrons. The van der Waals surface area contributed by atoms with Crippen LogP contribution in [-0.4, -0.2) is 29.9 Å². The van der Waals surface area contributed by atoms with Crippen LogP contribution in [0.2, 0.25) is 0 Å². The van der Waals surface area contributed by atoms with Gasteiger partial charge in [-0.05, 0) is 42.9 Å². The lowest BCUT2D eigenvalue weighted by Gasteiger charge is -2.23. The number of benzene rings is 1. The summed E-state index contributed by atoms with van der Waals surface area (Å²) in [6.07, 6.45) is 3.15. The van der Waals surface area contributed by atoms with Crippen LogP contribution in [0.4, 0.5) is 0 Å². The van der Waals surface area contributed by atoms with Crippen LogP contribution in [0.3, 0.4) is 0 Å². The lowest BCUT2D eigenvalue weighted by atomic mass is 10.1. The summed E-state index contributed by atoms with van der Waals surface area (Å²) in [6, 6.07) is 8.58. The van der Waals surface area contributed by atoms with Crippen molar-refractivity contribution in [3.63, 3.8) is 0 Å². The maximum Gasteiger partial charge on any atom is 0.226 e. The molecule has 1 saturated heterocycles. The van der Waals surface area contributed by atoms with Crippen LogP contribution in [-0.2, 0) is 4.79 Å². The lowest BCUT2D eigenvalue weighted by molar-refractivity contribution is -0.133. The van der Waals surface area contributed by atoms with Crippen LogP contribution in [0.25, 0.3) is 0 Å². The molecule has 0 bridgehead atoms. The van der Waals surface area contributed by atoms with Gasteiger partial charge in [-0.1, -0.05) is 28.1 Å². The maximum atomic E-state index is 12.5. The third-order valence-electron chi connectivity index (χ3n) is 4.32. The van der Waals surface area contributed by atoms with Crippen molar-refractivity contribution in [3.8, 4) is 0 Å². The smallest absolute Gasteiger partial charge is 0.226 e. The van der Waals surface area contributed by atoms with Crippen LogP contribution in [0.5, 0.6) is 0 Å². The first-order chi connectivity index (χ1) is 9.20. The summed E-state index contributed by atoms with van der Waals surface area (Å²) < 4.78 is 1.09. The van der Waals surface area contributed by atoms with Gasteiger partial charge in [0.2, 0.25) is 5.91 Å². The number of carbonyl (C=O) groups is 1. The molecule has 1 amide bonds. The highest BCUT2D eigenvalue weighted by Crippen LogP contribution is 2.49. The Labute approximate surface area is 122 Å². The molecular weight excluding hydrogens is 304 g/mol. The van der Waals surface area contributed by atoms with Gasteiger partial charge in [0.05, 0.1) is 0 Å². The summed E-state index contributed by atoms with van der Waals surface area (Å²) >= 11 is 3.49. The third-order valence-corrected chi connectivity index (χ3v) is 4.81. The van der Waals surface area contributed by atoms with Gasteiger partial charge in [0.1, 0.15) is 0 Å². The molecule has 0 aromatic heterocycles. The van der Waals surface area contributed by atoms with E-state index in [0.717, 1.165) is 30.3 Å². The molecule has 0 unspecified atom stereocenters. The van der Waals surface area contributed by atoms with Crippen molar-refractivity contribution >= 4 is 21.8 Å². The minimum Gasteiger partial charge on any atom is -0.338 e. The Kier molecular flexibility index (Phi) is 3.63. The van der Waals surface area contributed by atoms with Crippen LogP contribution < -0.4 is 5.73 Å². The fraction of sp³-hybridized carbons (Fsp3) is 0.533. The molecule has 1 aromatic carbocycles. The lowest BCUT2D eigenvalue weighted by Crippen LogP contribution is -2.40. The molecule has 1 aliphatic carbocycles. The molecule has 1 saturated carbocycles. The van der Waals surface area contributed by atoms with Crippen LogP contribution in [0, 0.1) is 5.92 Å². The molecule has 0 spiro atoms. The molecule has 1 aromatic rings. The van der Waals surface area contributed by atoms with Crippen LogP contribution in [0.15, 0.2) is 28.7 Å². The van der Waals surface area contributed by atoms with E-state index >= 15 is 0 Å². The number of amides is 1. The van der Waals surface area contributed by atoms with Gasteiger partial charge in [0.15, 0.2) is 0 Å². The van der Waals surface area contributed by atoms with Crippen molar-refractivity contribution in [2.45, 2.75) is 31.2 Å². The predicted molar refractivity (Wildman–Crippen MR) is 78.8 cm³/mol. The maximum absolute atomic E-state index is 12.5. The Morgan fingerprint density at radius 3 is 3.05 bits per heavy atom. The zero-order valence-electron chi connectivity index (χ0n) is 10.9. The van der Waals surface area contributed by atoms with Gasteiger partial charge in [0.25, 0.3) is 0 Å². The number of hydrogen-bond donors (Lipinski definition) is 1. The number of nitrogens with two attached hydrogens (primary N) is 1. The van der Waals surface area contributed by atoms with Crippen molar-refractivity contribution in [2.75, 3.05) is 13.1 Å². The van der Waals surface area contributed by atoms with Crippen LogP contribution >= 0.6 is 15.9 Å². The number of nitrogens with zero attached hydrogens (tertiary/aromatic N) is 1. The van der Waals surface area contributed by atoms with Gasteiger partial charge in [-0.2, -0.15) is 0 Å². The Balaban J connectivity index is 1.68. The van der Waals surface area contributed by atoms with Crippen molar-refractivity contribution in [2.24, 2.45) is 11.7 Å². The molecule has 3 rings (SSSR count). The summed E-state index contributed by atoms with van der Waals surface area (Å²) in [4.78, 5) is 14.5. The summed E-state index contributed by atoms with van der Waals surface area (Å²) in [5.41, 5.74) is 7.02. The number of carbonyl (C=O) groups excluding carboxylic acids is 1. The highest BCUT2D eigenvalue weighted by atomic mass is 79.9. The quantitative estimate of drug-likeness (QED) is 0.929. The van der Waals surface area contributed by atoms with E-state index in [4.69, 9.17) is 5.73 Å². The molecule has 3 nitrogen and oxygen atoms in total. The third kappa shape index (κ3) is 2.56. The molecule has 19 heavy (non-hydrogen) atoms. The van der Waals surface area contributed by atoms with E-state index in [-0.39, 0.29) is 12.0 Å². The molecule has 2 fully saturated rings. The largest absolute Gasteiger partial charge is 0.338 e. The van der Waals surface area contributed by atoms with Crippen LogP contribution in [0.1, 0.15) is 30.7 Å². The summed E-state index contributed by atoms with van der Waals surface area (Å²) in [5.74, 6) is 0.906. The second-order valence-electron chi connectivity index (χ2n) is 5.57. The van der Waals surface area contributed by atoms with Crippen molar-refractivity contribution < 1.29 is 4.79 Å². The Morgan fingerprint density at radius 2 is 2.32 bits per heavy atom. The molecule has 1 heterocycles. The van der Waals surface area contributed by atoms with E-state index in [1.807, 2.05) is 17.0 Å². The molecule has 3 atom stereocenters. The van der Waals surface area contributed by atoms with E-state index in [1.165, 1.54) is 5.56 Å². The highest BCUT2D eigenvalue weighted by molar-refractivity contribution is 9.10. The van der Waals surface area contributed by atoms with Crippen molar-refractivity contribution in [1.29, 1.82) is 0 Å². The molecule has 1 aliphatic heterocycles. The van der Waals surface area contributed by atoms with E-state index in [9.17, 15) is 4.79 Å². The Bertz CT molecular complexity index is 491. The molecule has 0 radical (unpaired) electrons. The molecule has 2 aliphatic rings. The highest BCUT2D eigenvalue weighted by Gasteiger charge is 2.47. The zero-order valence-corrected chi connectivity index (χ0v) is 12.5. The van der Waals surface area contributed by atoms with E-state index in [2.05, 4.69) is 28.1 Å². The number of halogens is 1. The fourth-order valence-electron chi connectivity index (χ4n) is 3.16. The summed E-state index contributed by atoms with van der Waals surface area (Å²) in [5, 5.41) is 0. The first-order valence-corrected chi connectivity index (χ1v) is 7.76. The van der Waals surface area contributed by atoms with Gasteiger partial charge < -0.3 is 10.6 Å². The van der Waals surface area contributed by atoms with Gasteiger partial charge in [0, 0.05) is 29.5 Å². The van der Waals surface area contributed by atoms with Crippen molar-refractivity contribution in [1.82, 2.24) is 4.90 Å². The fourth-order valence-corrected chi connectivity index (χ4v) is 3.57. The Hall–Kier alpha value is -0.870. The summed E-state index contributed by atoms with van der Waals surface area (Å²) in [7, 11) is 0. The predicted octanol–water partition coefficient (Wildman–Crippen LogP) is 2.50. The monoisotopic (exact) mass is 322 g/mol. The van der Waals surface area contributed by atoms with Gasteiger partial charge in [-0.25, -0.2) is 0 Å². The number of hydrogen-bond acceptors (Lipinski definition) is 2. The minimum absolute atomic E-state index is 0.182. The topological polar surface area (TPSA) is 46.3 Å². The first-order valence-electron chi connectivity index (χ1n) is 6.96. The molecule has 2 N–H and O–H groups in total. The number of likely N-dealkylation sites (tertiary alicyclic amines) is 1. The second kappa shape index (κ2) is 5.25. The Morgan fingerprint density at radius 1 is 1.47 bits per heavy atom. The van der Waals surface area contributed by atoms with Crippen molar-refractivity contribution in [3.05, 3.63) is 34.3 Å². The standard InChI is InChI=1S/C15H19BrN2O/c16-11-4-1-3-10(7-11)13-8-14(13)15(19)18-6-2-5-12(18)9-17/h1,3-4,7,12-14H,2,5-6,8-9,17H2/t12-,13+,14+/m0/s1. The SMILES string of the molecule is NC[C@@H]1CCCN1C(=O)[C@@H]1C[C@@H]1c1cccc(Br)c1. The average molecular weight is 323 g/mol. The van der Waals surface area contributed by atoms with Gasteiger partial charge in [-0.15, -0.1) is 0 Å². The molecule has 4 heteroatoms. The normalized spacial score (nSPS) is 29.6. The van der Waals surface area contributed by atoms with E-state index in [0.29, 0.717) is 18.4 Å². The first kappa shape index (κ1) is 13.1. The minimum atomic E-state index is 0.182. The molecular formula is C15H19BrN2O. The number of rotatable bonds is 3. The summed E-state index contributed by atoms with van der Waals surface area (Å²) in [6.45, 7) is 1.49. The average Bonchev–Trinajstić information content (AvgIpc) is 3.07. The van der Waals surface area contributed by atoms with E-state index < -0.39 is 0 Å². The second-order valence-corrected chi connectivity index (χ2v) is 6.48. The van der Waals surface area contributed by atoms with Gasteiger partial charge >= 0.3 is 0 Å². The zero-order chi connectivity index (χ0) is 13.4. The van der Waals surface area contributed by atoms with E-state index in [1.54, 1.807) is 0 Å². The van der Waals surface area contributed by atoms with Gasteiger partial charge in [-0.3, -0.25) is 4.79 Å².